The van der Waals surface area contributed by atoms with Gasteiger partial charge in [-0.1, -0.05) is 0 Å². The second kappa shape index (κ2) is 1.73. The molecule has 0 aromatic carbocycles. The average Bonchev–Trinajstić information content (AvgIpc) is 2.14. The lowest BCUT2D eigenvalue weighted by atomic mass is 10.8. The number of hydrogen-bond acceptors (Lipinski definition) is 4. The zero-order valence-corrected chi connectivity index (χ0v) is 4.51. The van der Waals surface area contributed by atoms with Gasteiger partial charge in [-0.15, -0.1) is 0 Å². The van der Waals surface area contributed by atoms with Gasteiger partial charge < -0.3 is 15.5 Å². The number of oxazole rings is 1. The summed E-state index contributed by atoms with van der Waals surface area (Å²) in [5.41, 5.74) is 5.21. The molecule has 0 radical (unpaired) electrons. The van der Waals surface area contributed by atoms with Gasteiger partial charge in [-0.3, -0.25) is 0 Å². The molecule has 0 atom stereocenters. The van der Waals surface area contributed by atoms with E-state index in [1.54, 1.807) is 7.05 Å². The van der Waals surface area contributed by atoms with E-state index in [4.69, 9.17) is 10.2 Å². The van der Waals surface area contributed by atoms with Crippen molar-refractivity contribution in [3.8, 4) is 0 Å². The minimum atomic E-state index is 0.398. The lowest BCUT2D eigenvalue weighted by Crippen LogP contribution is -1.88. The van der Waals surface area contributed by atoms with Crippen LogP contribution in [0, 0.1) is 0 Å². The van der Waals surface area contributed by atoms with Gasteiger partial charge in [-0.2, -0.15) is 4.98 Å². The second-order valence-corrected chi connectivity index (χ2v) is 1.33. The van der Waals surface area contributed by atoms with E-state index in [0.29, 0.717) is 11.8 Å². The van der Waals surface area contributed by atoms with Gasteiger partial charge in [0.1, 0.15) is 6.26 Å². The zero-order chi connectivity index (χ0) is 5.98. The highest BCUT2D eigenvalue weighted by Gasteiger charge is 1.93. The molecule has 0 bridgehead atoms. The van der Waals surface area contributed by atoms with Crippen LogP contribution in [0.1, 0.15) is 0 Å². The van der Waals surface area contributed by atoms with E-state index in [-0.39, 0.29) is 0 Å². The highest BCUT2D eigenvalue weighted by Crippen LogP contribution is 2.05. The summed E-state index contributed by atoms with van der Waals surface area (Å²) >= 11 is 0. The Morgan fingerprint density at radius 1 is 1.88 bits per heavy atom. The fraction of sp³-hybridized carbons (Fsp3) is 0.250. The van der Waals surface area contributed by atoms with Crippen molar-refractivity contribution in [3.63, 3.8) is 0 Å². The van der Waals surface area contributed by atoms with Gasteiger partial charge in [-0.05, 0) is 0 Å². The van der Waals surface area contributed by atoms with Crippen molar-refractivity contribution in [2.24, 2.45) is 0 Å². The maximum absolute atomic E-state index is 5.21. The fourth-order valence-electron chi connectivity index (χ4n) is 0.401. The molecule has 44 valence electrons. The standard InChI is InChI=1S/C4H7N3O/c1-6-4-7-3(5)2-8-4/h2H,5H2,1H3,(H,6,7). The number of nitrogens with two attached hydrogens (primary N) is 1. The van der Waals surface area contributed by atoms with E-state index in [1.807, 2.05) is 0 Å². The molecule has 1 aromatic heterocycles. The van der Waals surface area contributed by atoms with Crippen molar-refractivity contribution in [3.05, 3.63) is 6.26 Å². The van der Waals surface area contributed by atoms with Gasteiger partial charge in [0.2, 0.25) is 0 Å². The van der Waals surface area contributed by atoms with Gasteiger partial charge in [0.15, 0.2) is 5.82 Å². The Balaban J connectivity index is 2.84. The van der Waals surface area contributed by atoms with Crippen molar-refractivity contribution in [2.45, 2.75) is 0 Å². The minimum Gasteiger partial charge on any atom is -0.430 e. The summed E-state index contributed by atoms with van der Waals surface area (Å²) in [4.78, 5) is 3.73. The van der Waals surface area contributed by atoms with Crippen LogP contribution in [0.3, 0.4) is 0 Å². The third kappa shape index (κ3) is 0.726. The highest BCUT2D eigenvalue weighted by molar-refractivity contribution is 5.31. The lowest BCUT2D eigenvalue weighted by molar-refractivity contribution is 0.576. The van der Waals surface area contributed by atoms with Crippen LogP contribution in [-0.2, 0) is 0 Å². The molecule has 4 nitrogen and oxygen atoms in total. The number of nitrogen functional groups attached to an aromatic ring is 1. The van der Waals surface area contributed by atoms with Crippen LogP contribution in [0.4, 0.5) is 11.8 Å². The van der Waals surface area contributed by atoms with Gasteiger partial charge in [-0.25, -0.2) is 0 Å². The van der Waals surface area contributed by atoms with E-state index < -0.39 is 0 Å². The SMILES string of the molecule is CNc1nc(N)co1. The van der Waals surface area contributed by atoms with Crippen LogP contribution in [0.2, 0.25) is 0 Å². The van der Waals surface area contributed by atoms with Crippen molar-refractivity contribution >= 4 is 11.8 Å². The summed E-state index contributed by atoms with van der Waals surface area (Å²) in [6.07, 6.45) is 1.38. The number of nitrogens with one attached hydrogen (secondary N) is 1. The summed E-state index contributed by atoms with van der Waals surface area (Å²) in [6.45, 7) is 0. The Morgan fingerprint density at radius 3 is 2.88 bits per heavy atom. The molecular weight excluding hydrogens is 106 g/mol. The van der Waals surface area contributed by atoms with E-state index in [9.17, 15) is 0 Å². The zero-order valence-electron chi connectivity index (χ0n) is 4.51. The van der Waals surface area contributed by atoms with Crippen molar-refractivity contribution < 1.29 is 4.42 Å². The molecule has 0 aliphatic carbocycles. The summed E-state index contributed by atoms with van der Waals surface area (Å²) in [5.74, 6) is 0.398. The molecule has 0 saturated heterocycles. The van der Waals surface area contributed by atoms with E-state index >= 15 is 0 Å². The third-order valence-corrected chi connectivity index (χ3v) is 0.736. The molecule has 8 heavy (non-hydrogen) atoms. The van der Waals surface area contributed by atoms with E-state index in [2.05, 4.69) is 10.3 Å². The Bertz CT molecular complexity index is 172. The van der Waals surface area contributed by atoms with Crippen LogP contribution >= 0.6 is 0 Å². The Kier molecular flexibility index (Phi) is 1.07. The van der Waals surface area contributed by atoms with E-state index in [0.717, 1.165) is 0 Å². The Morgan fingerprint density at radius 2 is 2.62 bits per heavy atom. The number of rotatable bonds is 1. The predicted molar refractivity (Wildman–Crippen MR) is 30.5 cm³/mol. The number of anilines is 2. The van der Waals surface area contributed by atoms with Crippen LogP contribution in [0.15, 0.2) is 10.7 Å². The lowest BCUT2D eigenvalue weighted by Gasteiger charge is -1.83. The molecule has 0 aliphatic heterocycles. The van der Waals surface area contributed by atoms with Gasteiger partial charge in [0.25, 0.3) is 6.01 Å². The van der Waals surface area contributed by atoms with Crippen molar-refractivity contribution in [1.82, 2.24) is 4.98 Å². The monoisotopic (exact) mass is 113 g/mol. The molecular formula is C4H7N3O. The second-order valence-electron chi connectivity index (χ2n) is 1.33. The highest BCUT2D eigenvalue weighted by atomic mass is 16.4. The molecule has 1 heterocycles. The molecule has 1 aromatic rings. The van der Waals surface area contributed by atoms with Gasteiger partial charge >= 0.3 is 0 Å². The molecule has 1 rings (SSSR count). The maximum Gasteiger partial charge on any atom is 0.296 e. The quantitative estimate of drug-likeness (QED) is 0.549. The molecule has 0 unspecified atom stereocenters. The molecule has 0 fully saturated rings. The average molecular weight is 113 g/mol. The molecule has 3 N–H and O–H groups in total. The summed E-state index contributed by atoms with van der Waals surface area (Å²) in [7, 11) is 1.71. The predicted octanol–water partition coefficient (Wildman–Crippen LogP) is 0.299. The molecule has 0 saturated carbocycles. The Labute approximate surface area is 46.7 Å². The number of hydrogen-bond donors (Lipinski definition) is 2. The number of aromatic nitrogens is 1. The smallest absolute Gasteiger partial charge is 0.296 e. The summed E-state index contributed by atoms with van der Waals surface area (Å²) < 4.78 is 4.77. The van der Waals surface area contributed by atoms with Crippen molar-refractivity contribution in [1.29, 1.82) is 0 Å². The molecule has 0 amide bonds. The first-order valence-electron chi connectivity index (χ1n) is 2.21. The topological polar surface area (TPSA) is 64.1 Å². The minimum absolute atomic E-state index is 0.398. The molecule has 4 heteroatoms. The van der Waals surface area contributed by atoms with Gasteiger partial charge in [0.05, 0.1) is 0 Å². The third-order valence-electron chi connectivity index (χ3n) is 0.736. The van der Waals surface area contributed by atoms with Crippen LogP contribution in [-0.4, -0.2) is 12.0 Å². The molecule has 0 spiro atoms. The largest absolute Gasteiger partial charge is 0.430 e. The van der Waals surface area contributed by atoms with Crippen molar-refractivity contribution in [2.75, 3.05) is 18.1 Å². The fourth-order valence-corrected chi connectivity index (χ4v) is 0.401. The maximum atomic E-state index is 5.21. The van der Waals surface area contributed by atoms with E-state index in [1.165, 1.54) is 6.26 Å². The normalized spacial score (nSPS) is 9.12. The first kappa shape index (κ1) is 4.96. The van der Waals surface area contributed by atoms with Crippen LogP contribution in [0.25, 0.3) is 0 Å². The van der Waals surface area contributed by atoms with Crippen LogP contribution in [0.5, 0.6) is 0 Å². The first-order chi connectivity index (χ1) is 3.83. The Hall–Kier alpha value is -1.19. The number of nitrogens with zero attached hydrogens (tertiary/aromatic N) is 1. The van der Waals surface area contributed by atoms with Crippen LogP contribution < -0.4 is 11.1 Å². The molecule has 0 aliphatic rings. The summed E-state index contributed by atoms with van der Waals surface area (Å²) in [6, 6.07) is 0.447. The first-order valence-corrected chi connectivity index (χ1v) is 2.21. The van der Waals surface area contributed by atoms with Gasteiger partial charge in [0, 0.05) is 7.05 Å². The summed E-state index contributed by atoms with van der Waals surface area (Å²) in [5, 5.41) is 2.69.